The molecule has 1 aliphatic rings. The molecule has 0 atom stereocenters. The Morgan fingerprint density at radius 3 is 2.78 bits per heavy atom. The van der Waals surface area contributed by atoms with E-state index in [9.17, 15) is 4.39 Å². The molecule has 1 aliphatic heterocycles. The maximum Gasteiger partial charge on any atom is 0.159 e. The van der Waals surface area contributed by atoms with E-state index >= 15 is 0 Å². The van der Waals surface area contributed by atoms with Gasteiger partial charge in [-0.1, -0.05) is 12.1 Å². The highest BCUT2D eigenvalue weighted by Gasteiger charge is 2.25. The number of fused-ring (bicyclic) bond motifs is 2. The lowest BCUT2D eigenvalue weighted by atomic mass is 10.1. The minimum Gasteiger partial charge on any atom is -0.347 e. The fourth-order valence-corrected chi connectivity index (χ4v) is 3.69. The molecule has 0 unspecified atom stereocenters. The Bertz CT molecular complexity index is 1160. The maximum atomic E-state index is 14.5. The summed E-state index contributed by atoms with van der Waals surface area (Å²) in [7, 11) is 0. The molecule has 0 saturated carbocycles. The van der Waals surface area contributed by atoms with Gasteiger partial charge in [0.05, 0.1) is 25.0 Å². The summed E-state index contributed by atoms with van der Waals surface area (Å²) in [6.07, 6.45) is 3.42. The van der Waals surface area contributed by atoms with Gasteiger partial charge >= 0.3 is 0 Å². The molecule has 0 amide bonds. The van der Waals surface area contributed by atoms with Crippen molar-refractivity contribution in [3.8, 4) is 11.3 Å². The first kappa shape index (κ1) is 15.9. The van der Waals surface area contributed by atoms with Gasteiger partial charge in [-0.3, -0.25) is 4.68 Å². The van der Waals surface area contributed by atoms with Crippen molar-refractivity contribution in [2.24, 2.45) is 0 Å². The van der Waals surface area contributed by atoms with Crippen molar-refractivity contribution in [2.45, 2.75) is 26.9 Å². The normalized spacial score (nSPS) is 14.0. The average Bonchev–Trinajstić information content (AvgIpc) is 3.22. The van der Waals surface area contributed by atoms with E-state index in [1.165, 1.54) is 18.1 Å². The number of aryl methyl sites for hydroxylation is 2. The number of anilines is 1. The molecular weight excluding hydrogens is 345 g/mol. The zero-order valence-electron chi connectivity index (χ0n) is 15.1. The average molecular weight is 363 g/mol. The van der Waals surface area contributed by atoms with Crippen LogP contribution in [-0.2, 0) is 13.1 Å². The highest BCUT2D eigenvalue weighted by Crippen LogP contribution is 2.33. The van der Waals surface area contributed by atoms with Crippen molar-refractivity contribution in [1.29, 1.82) is 0 Å². The largest absolute Gasteiger partial charge is 0.347 e. The quantitative estimate of drug-likeness (QED) is 0.548. The SMILES string of the molecule is Cc1cnn2c1CN(c1ncnn3c(C)nc(-c4ccccc4F)c13)CC2. The molecule has 3 aromatic heterocycles. The van der Waals surface area contributed by atoms with Gasteiger partial charge in [0.1, 0.15) is 29.2 Å². The molecule has 4 heterocycles. The Balaban J connectivity index is 1.70. The molecule has 5 rings (SSSR count). The minimum absolute atomic E-state index is 0.306. The van der Waals surface area contributed by atoms with Crippen molar-refractivity contribution in [1.82, 2.24) is 29.4 Å². The minimum atomic E-state index is -0.306. The van der Waals surface area contributed by atoms with Gasteiger partial charge in [-0.15, -0.1) is 0 Å². The molecule has 0 fully saturated rings. The van der Waals surface area contributed by atoms with Crippen LogP contribution in [0.1, 0.15) is 17.1 Å². The summed E-state index contributed by atoms with van der Waals surface area (Å²) < 4.78 is 18.2. The van der Waals surface area contributed by atoms with E-state index in [2.05, 4.69) is 32.0 Å². The molecule has 0 spiro atoms. The van der Waals surface area contributed by atoms with Gasteiger partial charge in [-0.2, -0.15) is 10.2 Å². The third-order valence-corrected chi connectivity index (χ3v) is 5.08. The molecule has 7 nitrogen and oxygen atoms in total. The lowest BCUT2D eigenvalue weighted by molar-refractivity contribution is 0.516. The maximum absolute atomic E-state index is 14.5. The molecule has 4 aromatic rings. The van der Waals surface area contributed by atoms with Crippen LogP contribution < -0.4 is 4.90 Å². The van der Waals surface area contributed by atoms with Crippen LogP contribution in [0.3, 0.4) is 0 Å². The molecule has 0 N–H and O–H groups in total. The zero-order chi connectivity index (χ0) is 18.5. The second-order valence-electron chi connectivity index (χ2n) is 6.75. The van der Waals surface area contributed by atoms with Crippen molar-refractivity contribution in [3.63, 3.8) is 0 Å². The molecule has 8 heteroatoms. The Morgan fingerprint density at radius 1 is 1.07 bits per heavy atom. The standard InChI is InChI=1S/C19H18FN7/c1-12-9-22-26-8-7-25(10-16(12)26)19-18-17(14-5-3-4-6-15(14)20)24-13(2)27(18)23-11-21-19/h3-6,9,11H,7-8,10H2,1-2H3. The predicted octanol–water partition coefficient (Wildman–Crippen LogP) is 2.76. The van der Waals surface area contributed by atoms with Crippen molar-refractivity contribution in [3.05, 3.63) is 59.7 Å². The van der Waals surface area contributed by atoms with Crippen LogP contribution in [0.5, 0.6) is 0 Å². The van der Waals surface area contributed by atoms with Gasteiger partial charge in [0.2, 0.25) is 0 Å². The number of hydrogen-bond donors (Lipinski definition) is 0. The zero-order valence-corrected chi connectivity index (χ0v) is 15.1. The Labute approximate surface area is 155 Å². The number of imidazole rings is 1. The smallest absolute Gasteiger partial charge is 0.159 e. The van der Waals surface area contributed by atoms with Gasteiger partial charge in [-0.25, -0.2) is 18.9 Å². The van der Waals surface area contributed by atoms with Gasteiger partial charge in [-0.05, 0) is 31.5 Å². The van der Waals surface area contributed by atoms with Gasteiger partial charge < -0.3 is 4.90 Å². The van der Waals surface area contributed by atoms with Crippen molar-refractivity contribution in [2.75, 3.05) is 11.4 Å². The van der Waals surface area contributed by atoms with Crippen LogP contribution in [0.2, 0.25) is 0 Å². The summed E-state index contributed by atoms with van der Waals surface area (Å²) in [5.41, 5.74) is 4.07. The summed E-state index contributed by atoms with van der Waals surface area (Å²) in [5.74, 6) is 1.15. The van der Waals surface area contributed by atoms with E-state index in [4.69, 9.17) is 0 Å². The summed E-state index contributed by atoms with van der Waals surface area (Å²) >= 11 is 0. The number of hydrogen-bond acceptors (Lipinski definition) is 5. The third-order valence-electron chi connectivity index (χ3n) is 5.08. The van der Waals surface area contributed by atoms with Crippen LogP contribution in [0.4, 0.5) is 10.2 Å². The van der Waals surface area contributed by atoms with Crippen LogP contribution in [0, 0.1) is 19.7 Å². The summed E-state index contributed by atoms with van der Waals surface area (Å²) in [6, 6.07) is 6.67. The molecule has 27 heavy (non-hydrogen) atoms. The molecule has 0 bridgehead atoms. The highest BCUT2D eigenvalue weighted by molar-refractivity contribution is 5.86. The summed E-state index contributed by atoms with van der Waals surface area (Å²) in [4.78, 5) is 11.3. The van der Waals surface area contributed by atoms with E-state index in [0.717, 1.165) is 30.0 Å². The molecule has 0 saturated heterocycles. The summed E-state index contributed by atoms with van der Waals surface area (Å²) in [5, 5.41) is 8.76. The Morgan fingerprint density at radius 2 is 1.93 bits per heavy atom. The first-order valence-electron chi connectivity index (χ1n) is 8.85. The molecule has 136 valence electrons. The van der Waals surface area contributed by atoms with Gasteiger partial charge in [0, 0.05) is 12.1 Å². The lowest BCUT2D eigenvalue weighted by Crippen LogP contribution is -2.35. The van der Waals surface area contributed by atoms with E-state index in [0.29, 0.717) is 23.6 Å². The topological polar surface area (TPSA) is 64.1 Å². The van der Waals surface area contributed by atoms with Crippen LogP contribution >= 0.6 is 0 Å². The van der Waals surface area contributed by atoms with Gasteiger partial charge in [0.15, 0.2) is 5.82 Å². The molecular formula is C19H18FN7. The Kier molecular flexibility index (Phi) is 3.46. The number of nitrogens with zero attached hydrogens (tertiary/aromatic N) is 7. The second kappa shape index (κ2) is 5.87. The number of aromatic nitrogens is 6. The van der Waals surface area contributed by atoms with E-state index in [-0.39, 0.29) is 5.82 Å². The fourth-order valence-electron chi connectivity index (χ4n) is 3.69. The van der Waals surface area contributed by atoms with Crippen molar-refractivity contribution < 1.29 is 4.39 Å². The van der Waals surface area contributed by atoms with Crippen LogP contribution in [-0.4, -0.2) is 35.9 Å². The lowest BCUT2D eigenvalue weighted by Gasteiger charge is -2.29. The van der Waals surface area contributed by atoms with Crippen molar-refractivity contribution >= 4 is 11.3 Å². The van der Waals surface area contributed by atoms with Crippen LogP contribution in [0.25, 0.3) is 16.8 Å². The molecule has 0 radical (unpaired) electrons. The summed E-state index contributed by atoms with van der Waals surface area (Å²) in [6.45, 7) is 6.16. The van der Waals surface area contributed by atoms with E-state index < -0.39 is 0 Å². The first-order valence-corrected chi connectivity index (χ1v) is 8.85. The Hall–Kier alpha value is -3.29. The number of rotatable bonds is 2. The fraction of sp³-hybridized carbons (Fsp3) is 0.263. The molecule has 0 aliphatic carbocycles. The van der Waals surface area contributed by atoms with Gasteiger partial charge in [0.25, 0.3) is 0 Å². The highest BCUT2D eigenvalue weighted by atomic mass is 19.1. The molecule has 1 aromatic carbocycles. The second-order valence-corrected chi connectivity index (χ2v) is 6.75. The predicted molar refractivity (Wildman–Crippen MR) is 98.9 cm³/mol. The van der Waals surface area contributed by atoms with E-state index in [1.807, 2.05) is 23.9 Å². The van der Waals surface area contributed by atoms with Crippen LogP contribution in [0.15, 0.2) is 36.8 Å². The monoisotopic (exact) mass is 363 g/mol. The number of benzene rings is 1. The van der Waals surface area contributed by atoms with E-state index in [1.54, 1.807) is 16.6 Å². The number of halogens is 1. The third kappa shape index (κ3) is 2.40. The first-order chi connectivity index (χ1) is 13.1.